The lowest BCUT2D eigenvalue weighted by Gasteiger charge is -2.14. The van der Waals surface area contributed by atoms with Gasteiger partial charge >= 0.3 is 0 Å². The summed E-state index contributed by atoms with van der Waals surface area (Å²) in [6.07, 6.45) is 3.88. The normalized spacial score (nSPS) is 10.7. The minimum absolute atomic E-state index is 0.277. The lowest BCUT2D eigenvalue weighted by molar-refractivity contribution is 0.0997. The Bertz CT molecular complexity index is 720. The lowest BCUT2D eigenvalue weighted by Crippen LogP contribution is -2.14. The molecule has 0 unspecified atom stereocenters. The fourth-order valence-corrected chi connectivity index (χ4v) is 3.69. The maximum atomic E-state index is 14.2. The number of amides is 1. The van der Waals surface area contributed by atoms with Crippen LogP contribution < -0.4 is 5.73 Å². The van der Waals surface area contributed by atoms with E-state index in [1.54, 1.807) is 12.3 Å². The second-order valence-corrected chi connectivity index (χ2v) is 6.27. The van der Waals surface area contributed by atoms with Gasteiger partial charge in [-0.25, -0.2) is 8.78 Å². The standard InChI is InChI=1S/C16H15F2NOS2/c1-21-14-8-10(17)4-3-9(14)7-12-13(18)6-5-11(16(19)20)15(12)22-2/h3-6,8H,7H2,1-2H3,(H2,19,20). The molecule has 0 aliphatic rings. The molecule has 0 fully saturated rings. The molecule has 0 aliphatic heterocycles. The van der Waals surface area contributed by atoms with Crippen LogP contribution in [0.1, 0.15) is 21.5 Å². The third-order valence-corrected chi connectivity index (χ3v) is 4.98. The Labute approximate surface area is 136 Å². The van der Waals surface area contributed by atoms with Gasteiger partial charge in [0.25, 0.3) is 0 Å². The summed E-state index contributed by atoms with van der Waals surface area (Å²) in [6, 6.07) is 7.06. The van der Waals surface area contributed by atoms with Crippen LogP contribution in [0.4, 0.5) is 8.78 Å². The van der Waals surface area contributed by atoms with Gasteiger partial charge in [-0.1, -0.05) is 6.07 Å². The maximum Gasteiger partial charge on any atom is 0.249 e. The van der Waals surface area contributed by atoms with Crippen molar-refractivity contribution in [3.63, 3.8) is 0 Å². The van der Waals surface area contributed by atoms with E-state index in [2.05, 4.69) is 0 Å². The molecule has 1 amide bonds. The molecular formula is C16H15F2NOS2. The fourth-order valence-electron chi connectivity index (χ4n) is 2.25. The van der Waals surface area contributed by atoms with Gasteiger partial charge < -0.3 is 5.73 Å². The smallest absolute Gasteiger partial charge is 0.249 e. The Morgan fingerprint density at radius 3 is 2.45 bits per heavy atom. The van der Waals surface area contributed by atoms with Gasteiger partial charge in [-0.2, -0.15) is 0 Å². The Morgan fingerprint density at radius 1 is 1.14 bits per heavy atom. The zero-order chi connectivity index (χ0) is 16.3. The quantitative estimate of drug-likeness (QED) is 0.834. The first-order chi connectivity index (χ1) is 10.5. The summed E-state index contributed by atoms with van der Waals surface area (Å²) in [5.41, 5.74) is 6.87. The van der Waals surface area contributed by atoms with Crippen LogP contribution in [0.25, 0.3) is 0 Å². The number of rotatable bonds is 5. The van der Waals surface area contributed by atoms with Crippen LogP contribution in [-0.4, -0.2) is 18.4 Å². The van der Waals surface area contributed by atoms with Crippen LogP contribution in [0.3, 0.4) is 0 Å². The highest BCUT2D eigenvalue weighted by Crippen LogP contribution is 2.31. The van der Waals surface area contributed by atoms with E-state index >= 15 is 0 Å². The third kappa shape index (κ3) is 3.44. The van der Waals surface area contributed by atoms with Crippen LogP contribution in [-0.2, 0) is 6.42 Å². The topological polar surface area (TPSA) is 43.1 Å². The Morgan fingerprint density at radius 2 is 1.86 bits per heavy atom. The van der Waals surface area contributed by atoms with Crippen LogP contribution in [0.5, 0.6) is 0 Å². The molecule has 0 spiro atoms. The largest absolute Gasteiger partial charge is 0.366 e. The van der Waals surface area contributed by atoms with E-state index in [9.17, 15) is 13.6 Å². The monoisotopic (exact) mass is 339 g/mol. The fraction of sp³-hybridized carbons (Fsp3) is 0.188. The van der Waals surface area contributed by atoms with Crippen molar-refractivity contribution in [2.75, 3.05) is 12.5 Å². The zero-order valence-corrected chi connectivity index (χ0v) is 13.8. The SMILES string of the molecule is CSc1cc(F)ccc1Cc1c(F)ccc(C(N)=O)c1SC. The molecule has 116 valence electrons. The molecule has 0 atom stereocenters. The molecule has 0 saturated carbocycles. The molecule has 0 radical (unpaired) electrons. The van der Waals surface area contributed by atoms with Gasteiger partial charge in [0.05, 0.1) is 5.56 Å². The predicted molar refractivity (Wildman–Crippen MR) is 87.7 cm³/mol. The Balaban J connectivity index is 2.54. The van der Waals surface area contributed by atoms with Gasteiger partial charge in [-0.3, -0.25) is 4.79 Å². The van der Waals surface area contributed by atoms with E-state index in [4.69, 9.17) is 5.73 Å². The third-order valence-electron chi connectivity index (χ3n) is 3.29. The number of halogens is 2. The molecule has 2 aromatic rings. The van der Waals surface area contributed by atoms with Crippen molar-refractivity contribution in [2.45, 2.75) is 16.2 Å². The number of primary amides is 1. The molecule has 0 heterocycles. The van der Waals surface area contributed by atoms with Crippen LogP contribution in [0.15, 0.2) is 40.1 Å². The first-order valence-corrected chi connectivity index (χ1v) is 8.90. The van der Waals surface area contributed by atoms with Crippen LogP contribution >= 0.6 is 23.5 Å². The summed E-state index contributed by atoms with van der Waals surface area (Å²) in [7, 11) is 0. The Kier molecular flexibility index (Phi) is 5.47. The van der Waals surface area contributed by atoms with E-state index < -0.39 is 11.7 Å². The zero-order valence-electron chi connectivity index (χ0n) is 12.2. The number of nitrogens with two attached hydrogens (primary N) is 1. The predicted octanol–water partition coefficient (Wildman–Crippen LogP) is 4.10. The molecule has 6 heteroatoms. The highest BCUT2D eigenvalue weighted by atomic mass is 32.2. The second kappa shape index (κ2) is 7.15. The van der Waals surface area contributed by atoms with Crippen molar-refractivity contribution in [1.29, 1.82) is 0 Å². The highest BCUT2D eigenvalue weighted by Gasteiger charge is 2.17. The van der Waals surface area contributed by atoms with Gasteiger partial charge in [-0.15, -0.1) is 23.5 Å². The van der Waals surface area contributed by atoms with E-state index in [1.165, 1.54) is 47.8 Å². The summed E-state index contributed by atoms with van der Waals surface area (Å²) < 4.78 is 27.5. The van der Waals surface area contributed by atoms with Gasteiger partial charge in [-0.05, 0) is 42.3 Å². The molecule has 22 heavy (non-hydrogen) atoms. The summed E-state index contributed by atoms with van der Waals surface area (Å²) >= 11 is 2.68. The summed E-state index contributed by atoms with van der Waals surface area (Å²) in [5.74, 6) is -1.31. The number of carbonyl (C=O) groups is 1. The van der Waals surface area contributed by atoms with Gasteiger partial charge in [0, 0.05) is 21.8 Å². The molecule has 2 nitrogen and oxygen atoms in total. The number of hydrogen-bond acceptors (Lipinski definition) is 3. The van der Waals surface area contributed by atoms with Gasteiger partial charge in [0.15, 0.2) is 0 Å². The molecule has 0 saturated heterocycles. The minimum Gasteiger partial charge on any atom is -0.366 e. The number of carbonyl (C=O) groups excluding carboxylic acids is 1. The molecule has 2 aromatic carbocycles. The Hall–Kier alpha value is -1.53. The van der Waals surface area contributed by atoms with Crippen molar-refractivity contribution >= 4 is 29.4 Å². The molecule has 0 aromatic heterocycles. The summed E-state index contributed by atoms with van der Waals surface area (Å²) in [6.45, 7) is 0. The van der Waals surface area contributed by atoms with Crippen molar-refractivity contribution in [3.05, 3.63) is 58.7 Å². The number of thioether (sulfide) groups is 2. The van der Waals surface area contributed by atoms with Crippen LogP contribution in [0, 0.1) is 11.6 Å². The summed E-state index contributed by atoms with van der Waals surface area (Å²) in [4.78, 5) is 12.8. The van der Waals surface area contributed by atoms with Gasteiger partial charge in [0.1, 0.15) is 11.6 Å². The van der Waals surface area contributed by atoms with Crippen LogP contribution in [0.2, 0.25) is 0 Å². The lowest BCUT2D eigenvalue weighted by atomic mass is 10.0. The number of benzene rings is 2. The first kappa shape index (κ1) is 16.8. The summed E-state index contributed by atoms with van der Waals surface area (Å²) in [5, 5.41) is 0. The van der Waals surface area contributed by atoms with Crippen molar-refractivity contribution < 1.29 is 13.6 Å². The highest BCUT2D eigenvalue weighted by molar-refractivity contribution is 7.99. The van der Waals surface area contributed by atoms with Gasteiger partial charge in [0.2, 0.25) is 5.91 Å². The van der Waals surface area contributed by atoms with E-state index in [-0.39, 0.29) is 12.2 Å². The number of hydrogen-bond donors (Lipinski definition) is 1. The van der Waals surface area contributed by atoms with E-state index in [1.807, 2.05) is 6.26 Å². The average molecular weight is 339 g/mol. The molecule has 2 rings (SSSR count). The molecule has 2 N–H and O–H groups in total. The maximum absolute atomic E-state index is 14.2. The molecular weight excluding hydrogens is 324 g/mol. The van der Waals surface area contributed by atoms with Crippen molar-refractivity contribution in [2.24, 2.45) is 5.73 Å². The minimum atomic E-state index is -0.588. The molecule has 0 bridgehead atoms. The van der Waals surface area contributed by atoms with E-state index in [0.717, 1.165) is 10.5 Å². The molecule has 0 aliphatic carbocycles. The second-order valence-electron chi connectivity index (χ2n) is 4.60. The van der Waals surface area contributed by atoms with Crippen molar-refractivity contribution in [3.8, 4) is 0 Å². The van der Waals surface area contributed by atoms with Crippen molar-refractivity contribution in [1.82, 2.24) is 0 Å². The first-order valence-electron chi connectivity index (χ1n) is 6.45. The average Bonchev–Trinajstić information content (AvgIpc) is 2.50. The van der Waals surface area contributed by atoms with E-state index in [0.29, 0.717) is 16.0 Å².